The molecule has 0 spiro atoms. The van der Waals surface area contributed by atoms with Crippen molar-refractivity contribution in [3.8, 4) is 0 Å². The van der Waals surface area contributed by atoms with Crippen LogP contribution in [0.2, 0.25) is 0 Å². The molecule has 0 aliphatic heterocycles. The van der Waals surface area contributed by atoms with Gasteiger partial charge in [0.05, 0.1) is 38.6 Å². The van der Waals surface area contributed by atoms with Crippen molar-refractivity contribution in [1.29, 1.82) is 0 Å². The Morgan fingerprint density at radius 3 is 1.30 bits per heavy atom. The van der Waals surface area contributed by atoms with Crippen LogP contribution in [0.1, 0.15) is 96.8 Å². The number of unbranched alkanes of at least 4 members (excludes halogenated alkanes) is 13. The highest BCUT2D eigenvalue weighted by Crippen LogP contribution is 2.13. The average Bonchev–Trinajstić information content (AvgIpc) is 2.76. The van der Waals surface area contributed by atoms with Crippen LogP contribution in [0, 0.1) is 0 Å². The molecule has 2 unspecified atom stereocenters. The molecule has 2 atom stereocenters. The first-order chi connectivity index (χ1) is 14.6. The lowest BCUT2D eigenvalue weighted by Gasteiger charge is -2.17. The van der Waals surface area contributed by atoms with Crippen LogP contribution in [0.4, 0.5) is 0 Å². The monoisotopic (exact) mass is 434 g/mol. The summed E-state index contributed by atoms with van der Waals surface area (Å²) in [6.07, 6.45) is 16.0. The van der Waals surface area contributed by atoms with Crippen molar-refractivity contribution in [2.75, 3.05) is 33.0 Å². The van der Waals surface area contributed by atoms with E-state index >= 15 is 0 Å². The van der Waals surface area contributed by atoms with Crippen molar-refractivity contribution in [2.45, 2.75) is 109 Å². The van der Waals surface area contributed by atoms with E-state index in [4.69, 9.17) is 24.2 Å². The lowest BCUT2D eigenvalue weighted by Crippen LogP contribution is -2.35. The molecule has 180 valence electrons. The van der Waals surface area contributed by atoms with Gasteiger partial charge in [-0.05, 0) is 6.42 Å². The Morgan fingerprint density at radius 2 is 0.933 bits per heavy atom. The topological polar surface area (TPSA) is 109 Å². The minimum atomic E-state index is -1.03. The van der Waals surface area contributed by atoms with E-state index in [1.807, 2.05) is 0 Å². The van der Waals surface area contributed by atoms with Crippen LogP contribution < -0.4 is 0 Å². The largest absolute Gasteiger partial charge is 0.639 e. The Hall–Kier alpha value is -0.215. The third kappa shape index (κ3) is 21.0. The Kier molecular flexibility index (Phi) is 23.3. The summed E-state index contributed by atoms with van der Waals surface area (Å²) < 4.78 is 16.0. The SMILES string of the molecule is CCCCCCCCCCCCCCCCOB(OCC(O)CO)OCC(O)CO. The van der Waals surface area contributed by atoms with E-state index in [2.05, 4.69) is 6.92 Å². The Labute approximate surface area is 184 Å². The molecule has 0 bridgehead atoms. The van der Waals surface area contributed by atoms with Crippen molar-refractivity contribution >= 4 is 7.32 Å². The predicted molar refractivity (Wildman–Crippen MR) is 120 cm³/mol. The minimum Gasteiger partial charge on any atom is -0.394 e. The highest BCUT2D eigenvalue weighted by Gasteiger charge is 2.23. The molecule has 0 radical (unpaired) electrons. The van der Waals surface area contributed by atoms with Gasteiger partial charge in [-0.1, -0.05) is 90.4 Å². The van der Waals surface area contributed by atoms with E-state index in [-0.39, 0.29) is 13.2 Å². The van der Waals surface area contributed by atoms with Gasteiger partial charge in [0.15, 0.2) is 0 Å². The number of hydrogen-bond acceptors (Lipinski definition) is 7. The lowest BCUT2D eigenvalue weighted by molar-refractivity contribution is -0.00389. The van der Waals surface area contributed by atoms with Gasteiger partial charge in [0.25, 0.3) is 0 Å². The summed E-state index contributed by atoms with van der Waals surface area (Å²) in [5, 5.41) is 36.4. The zero-order chi connectivity index (χ0) is 22.3. The van der Waals surface area contributed by atoms with Crippen molar-refractivity contribution in [1.82, 2.24) is 0 Å². The normalized spacial score (nSPS) is 13.5. The Bertz CT molecular complexity index is 323. The van der Waals surface area contributed by atoms with Crippen LogP contribution in [-0.4, -0.2) is 73.0 Å². The summed E-state index contributed by atoms with van der Waals surface area (Å²) in [5.74, 6) is 0. The molecular weight excluding hydrogens is 387 g/mol. The molecule has 8 heteroatoms. The molecule has 7 nitrogen and oxygen atoms in total. The van der Waals surface area contributed by atoms with E-state index < -0.39 is 32.7 Å². The number of rotatable bonds is 24. The fraction of sp³-hybridized carbons (Fsp3) is 1.00. The first-order valence-electron chi connectivity index (χ1n) is 12.1. The average molecular weight is 434 g/mol. The van der Waals surface area contributed by atoms with Crippen LogP contribution in [-0.2, 0) is 14.0 Å². The van der Waals surface area contributed by atoms with Crippen LogP contribution in [0.3, 0.4) is 0 Å². The molecule has 0 amide bonds. The molecule has 0 aromatic carbocycles. The van der Waals surface area contributed by atoms with Crippen molar-refractivity contribution < 1.29 is 34.4 Å². The minimum absolute atomic E-state index is 0.130. The summed E-state index contributed by atoms with van der Waals surface area (Å²) in [4.78, 5) is 0. The molecular formula is C22H47BO7. The highest BCUT2D eigenvalue weighted by molar-refractivity contribution is 6.36. The maximum Gasteiger partial charge on any atom is 0.639 e. The molecule has 30 heavy (non-hydrogen) atoms. The van der Waals surface area contributed by atoms with Gasteiger partial charge >= 0.3 is 7.32 Å². The number of aliphatic hydroxyl groups is 4. The van der Waals surface area contributed by atoms with Gasteiger partial charge < -0.3 is 34.4 Å². The molecule has 0 fully saturated rings. The van der Waals surface area contributed by atoms with Crippen LogP contribution in [0.5, 0.6) is 0 Å². The van der Waals surface area contributed by atoms with E-state index in [1.165, 1.54) is 77.0 Å². The molecule has 0 aromatic heterocycles. The van der Waals surface area contributed by atoms with Crippen molar-refractivity contribution in [2.24, 2.45) is 0 Å². The van der Waals surface area contributed by atoms with Gasteiger partial charge in [-0.25, -0.2) is 0 Å². The zero-order valence-corrected chi connectivity index (χ0v) is 19.2. The van der Waals surface area contributed by atoms with Gasteiger partial charge in [0.1, 0.15) is 0 Å². The molecule has 0 heterocycles. The van der Waals surface area contributed by atoms with E-state index in [0.717, 1.165) is 12.8 Å². The van der Waals surface area contributed by atoms with Crippen LogP contribution in [0.15, 0.2) is 0 Å². The fourth-order valence-electron chi connectivity index (χ4n) is 3.11. The quantitative estimate of drug-likeness (QED) is 0.136. The van der Waals surface area contributed by atoms with E-state index in [1.54, 1.807) is 0 Å². The molecule has 0 rings (SSSR count). The first kappa shape index (κ1) is 29.8. The first-order valence-corrected chi connectivity index (χ1v) is 12.1. The molecule has 0 aromatic rings. The summed E-state index contributed by atoms with van der Waals surface area (Å²) in [7, 11) is -1.03. The summed E-state index contributed by atoms with van der Waals surface area (Å²) in [6.45, 7) is 1.63. The Balaban J connectivity index is 3.57. The van der Waals surface area contributed by atoms with Crippen molar-refractivity contribution in [3.05, 3.63) is 0 Å². The predicted octanol–water partition coefficient (Wildman–Crippen LogP) is 3.21. The molecule has 0 aliphatic carbocycles. The molecule has 0 aliphatic rings. The van der Waals surface area contributed by atoms with Gasteiger partial charge in [-0.15, -0.1) is 0 Å². The van der Waals surface area contributed by atoms with E-state index in [0.29, 0.717) is 6.61 Å². The summed E-state index contributed by atoms with van der Waals surface area (Å²) in [5.41, 5.74) is 0. The van der Waals surface area contributed by atoms with Crippen LogP contribution >= 0.6 is 0 Å². The highest BCUT2D eigenvalue weighted by atomic mass is 16.7. The van der Waals surface area contributed by atoms with Gasteiger partial charge in [0.2, 0.25) is 0 Å². The second-order valence-corrected chi connectivity index (χ2v) is 8.10. The van der Waals surface area contributed by atoms with Crippen LogP contribution in [0.25, 0.3) is 0 Å². The summed E-state index contributed by atoms with van der Waals surface area (Å²) in [6, 6.07) is 0. The fourth-order valence-corrected chi connectivity index (χ4v) is 3.11. The maximum atomic E-state index is 9.36. The zero-order valence-electron chi connectivity index (χ0n) is 19.2. The Morgan fingerprint density at radius 1 is 0.567 bits per heavy atom. The molecule has 0 saturated carbocycles. The second kappa shape index (κ2) is 23.4. The number of hydrogen-bond donors (Lipinski definition) is 4. The van der Waals surface area contributed by atoms with Gasteiger partial charge in [-0.2, -0.15) is 0 Å². The summed E-state index contributed by atoms with van der Waals surface area (Å²) >= 11 is 0. The van der Waals surface area contributed by atoms with E-state index in [9.17, 15) is 10.2 Å². The van der Waals surface area contributed by atoms with Gasteiger partial charge in [0, 0.05) is 6.61 Å². The maximum absolute atomic E-state index is 9.36. The molecule has 0 saturated heterocycles. The third-order valence-corrected chi connectivity index (χ3v) is 5.02. The van der Waals surface area contributed by atoms with Crippen molar-refractivity contribution in [3.63, 3.8) is 0 Å². The smallest absolute Gasteiger partial charge is 0.394 e. The standard InChI is InChI=1S/C22H47BO7/c1-2-3-4-5-6-7-8-9-10-11-12-13-14-15-16-28-23(29-19-21(26)17-24)30-20-22(27)18-25/h21-22,24-27H,2-20H2,1H3. The third-order valence-electron chi connectivity index (χ3n) is 5.02. The second-order valence-electron chi connectivity index (χ2n) is 8.10. The van der Waals surface area contributed by atoms with Gasteiger partial charge in [-0.3, -0.25) is 0 Å². The number of aliphatic hydroxyl groups excluding tert-OH is 4. The lowest BCUT2D eigenvalue weighted by atomic mass is 10.0. The molecule has 4 N–H and O–H groups in total.